The lowest BCUT2D eigenvalue weighted by Gasteiger charge is -2.29. The number of benzene rings is 2. The van der Waals surface area contributed by atoms with Crippen LogP contribution in [0.15, 0.2) is 53.4 Å². The van der Waals surface area contributed by atoms with E-state index in [9.17, 15) is 19.2 Å². The minimum Gasteiger partial charge on any atom is -0.454 e. The van der Waals surface area contributed by atoms with Gasteiger partial charge in [-0.3, -0.25) is 29.0 Å². The molecule has 0 saturated carbocycles. The van der Waals surface area contributed by atoms with Crippen molar-refractivity contribution in [2.75, 3.05) is 40.6 Å². The van der Waals surface area contributed by atoms with Gasteiger partial charge in [-0.1, -0.05) is 24.3 Å². The second-order valence-corrected chi connectivity index (χ2v) is 7.46. The van der Waals surface area contributed by atoms with Gasteiger partial charge in [-0.2, -0.15) is 0 Å². The van der Waals surface area contributed by atoms with Crippen LogP contribution in [-0.2, 0) is 23.9 Å². The van der Waals surface area contributed by atoms with E-state index >= 15 is 0 Å². The van der Waals surface area contributed by atoms with Crippen molar-refractivity contribution in [1.82, 2.24) is 0 Å². The van der Waals surface area contributed by atoms with Crippen molar-refractivity contribution in [2.24, 2.45) is 0 Å². The lowest BCUT2D eigenvalue weighted by molar-refractivity contribution is -0.147. The maximum absolute atomic E-state index is 12.6. The van der Waals surface area contributed by atoms with E-state index in [4.69, 9.17) is 4.74 Å². The number of rotatable bonds is 4. The average Bonchev–Trinajstić information content (AvgIpc) is 2.73. The zero-order valence-electron chi connectivity index (χ0n) is 15.3. The summed E-state index contributed by atoms with van der Waals surface area (Å²) in [6.45, 7) is -0.942. The quantitative estimate of drug-likeness (QED) is 0.769. The molecule has 2 aromatic carbocycles. The highest BCUT2D eigenvalue weighted by Crippen LogP contribution is 2.34. The molecule has 0 spiro atoms. The summed E-state index contributed by atoms with van der Waals surface area (Å²) >= 11 is 1.42. The Balaban J connectivity index is 1.40. The SMILES string of the molecule is O=C1CN(C(=O)COC(=O)CN2C(=O)CSc3ccccc32)c2ccccc2N1. The standard InChI is InChI=1S/C20H17N3O5S/c24-17-9-22(14-6-2-1-5-13(14)21-17)18(25)11-28-20(27)10-23-15-7-3-4-8-16(15)29-12-19(23)26/h1-8H,9-12H2,(H,21,24). The van der Waals surface area contributed by atoms with Crippen LogP contribution < -0.4 is 15.1 Å². The molecule has 2 heterocycles. The van der Waals surface area contributed by atoms with E-state index in [1.165, 1.54) is 21.6 Å². The first-order valence-corrected chi connectivity index (χ1v) is 9.88. The Morgan fingerprint density at radius 3 is 2.59 bits per heavy atom. The molecule has 4 rings (SSSR count). The van der Waals surface area contributed by atoms with Crippen molar-refractivity contribution in [1.29, 1.82) is 0 Å². The molecule has 1 N–H and O–H groups in total. The van der Waals surface area contributed by atoms with E-state index in [0.717, 1.165) is 4.90 Å². The van der Waals surface area contributed by atoms with Gasteiger partial charge in [-0.15, -0.1) is 11.8 Å². The van der Waals surface area contributed by atoms with Crippen molar-refractivity contribution in [3.05, 3.63) is 48.5 Å². The van der Waals surface area contributed by atoms with Crippen LogP contribution >= 0.6 is 11.8 Å². The number of esters is 1. The number of ether oxygens (including phenoxy) is 1. The summed E-state index contributed by atoms with van der Waals surface area (Å²) in [5.41, 5.74) is 1.72. The summed E-state index contributed by atoms with van der Waals surface area (Å²) < 4.78 is 5.11. The van der Waals surface area contributed by atoms with Gasteiger partial charge < -0.3 is 10.1 Å². The lowest BCUT2D eigenvalue weighted by atomic mass is 10.2. The van der Waals surface area contributed by atoms with Crippen molar-refractivity contribution in [3.8, 4) is 0 Å². The number of fused-ring (bicyclic) bond motifs is 2. The number of nitrogens with zero attached hydrogens (tertiary/aromatic N) is 2. The largest absolute Gasteiger partial charge is 0.454 e. The second kappa shape index (κ2) is 7.96. The van der Waals surface area contributed by atoms with E-state index in [1.807, 2.05) is 12.1 Å². The van der Waals surface area contributed by atoms with Crippen LogP contribution in [0.3, 0.4) is 0 Å². The molecule has 2 aliphatic heterocycles. The average molecular weight is 411 g/mol. The van der Waals surface area contributed by atoms with Gasteiger partial charge in [0.1, 0.15) is 13.1 Å². The van der Waals surface area contributed by atoms with Crippen LogP contribution in [0.2, 0.25) is 0 Å². The number of hydrogen-bond acceptors (Lipinski definition) is 6. The molecule has 3 amide bonds. The molecule has 0 radical (unpaired) electrons. The number of anilines is 3. The normalized spacial score (nSPS) is 15.3. The van der Waals surface area contributed by atoms with E-state index in [0.29, 0.717) is 17.1 Å². The summed E-state index contributed by atoms with van der Waals surface area (Å²) in [7, 11) is 0. The van der Waals surface area contributed by atoms with Crippen LogP contribution in [-0.4, -0.2) is 49.1 Å². The van der Waals surface area contributed by atoms with Crippen LogP contribution in [0.25, 0.3) is 0 Å². The highest BCUT2D eigenvalue weighted by atomic mass is 32.2. The Labute approximate surface area is 170 Å². The molecule has 0 aliphatic carbocycles. The van der Waals surface area contributed by atoms with Gasteiger partial charge in [0.25, 0.3) is 5.91 Å². The van der Waals surface area contributed by atoms with Crippen molar-refractivity contribution in [2.45, 2.75) is 4.90 Å². The van der Waals surface area contributed by atoms with Gasteiger partial charge in [0.2, 0.25) is 11.8 Å². The molecule has 29 heavy (non-hydrogen) atoms. The van der Waals surface area contributed by atoms with E-state index < -0.39 is 18.5 Å². The molecular weight excluding hydrogens is 394 g/mol. The van der Waals surface area contributed by atoms with Gasteiger partial charge in [0.05, 0.1) is 22.8 Å². The molecule has 8 nitrogen and oxygen atoms in total. The Kier molecular flexibility index (Phi) is 5.22. The first-order chi connectivity index (χ1) is 14.0. The number of amides is 3. The summed E-state index contributed by atoms with van der Waals surface area (Å²) in [5, 5.41) is 2.69. The third-order valence-electron chi connectivity index (χ3n) is 4.52. The van der Waals surface area contributed by atoms with E-state index in [2.05, 4.69) is 5.32 Å². The zero-order valence-corrected chi connectivity index (χ0v) is 16.1. The van der Waals surface area contributed by atoms with Gasteiger partial charge in [0.15, 0.2) is 6.61 Å². The van der Waals surface area contributed by atoms with Crippen LogP contribution in [0.1, 0.15) is 0 Å². The Morgan fingerprint density at radius 2 is 1.76 bits per heavy atom. The number of carbonyl (C=O) groups excluding carboxylic acids is 4. The number of nitrogens with one attached hydrogen (secondary N) is 1. The number of para-hydroxylation sites is 3. The third-order valence-corrected chi connectivity index (χ3v) is 5.57. The first kappa shape index (κ1) is 19.0. The molecule has 0 bridgehead atoms. The predicted octanol–water partition coefficient (Wildman–Crippen LogP) is 1.65. The summed E-state index contributed by atoms with van der Waals surface area (Å²) in [4.78, 5) is 52.5. The zero-order chi connectivity index (χ0) is 20.4. The minimum absolute atomic E-state index is 0.150. The number of carbonyl (C=O) groups is 4. The molecule has 9 heteroatoms. The summed E-state index contributed by atoms with van der Waals surface area (Å²) in [6, 6.07) is 14.2. The van der Waals surface area contributed by atoms with E-state index in [1.54, 1.807) is 36.4 Å². The molecule has 148 valence electrons. The van der Waals surface area contributed by atoms with Gasteiger partial charge in [-0.25, -0.2) is 0 Å². The smallest absolute Gasteiger partial charge is 0.326 e. The predicted molar refractivity (Wildman–Crippen MR) is 108 cm³/mol. The number of hydrogen-bond donors (Lipinski definition) is 1. The maximum atomic E-state index is 12.6. The van der Waals surface area contributed by atoms with Crippen LogP contribution in [0.4, 0.5) is 17.1 Å². The van der Waals surface area contributed by atoms with Gasteiger partial charge in [0, 0.05) is 4.90 Å². The van der Waals surface area contributed by atoms with Crippen molar-refractivity contribution < 1.29 is 23.9 Å². The van der Waals surface area contributed by atoms with Crippen molar-refractivity contribution in [3.63, 3.8) is 0 Å². The fourth-order valence-corrected chi connectivity index (χ4v) is 4.11. The van der Waals surface area contributed by atoms with Gasteiger partial charge >= 0.3 is 5.97 Å². The van der Waals surface area contributed by atoms with Gasteiger partial charge in [-0.05, 0) is 24.3 Å². The summed E-state index contributed by atoms with van der Waals surface area (Å²) in [5.74, 6) is -1.48. The Hall–Kier alpha value is -3.33. The molecule has 0 saturated heterocycles. The Bertz CT molecular complexity index is 1010. The highest BCUT2D eigenvalue weighted by molar-refractivity contribution is 8.00. The molecule has 2 aromatic rings. The minimum atomic E-state index is -0.692. The first-order valence-electron chi connectivity index (χ1n) is 8.90. The molecule has 2 aliphatic rings. The number of thioether (sulfide) groups is 1. The molecule has 0 fully saturated rings. The van der Waals surface area contributed by atoms with Crippen LogP contribution in [0.5, 0.6) is 0 Å². The fourth-order valence-electron chi connectivity index (χ4n) is 3.18. The topological polar surface area (TPSA) is 96.0 Å². The molecule has 0 unspecified atom stereocenters. The van der Waals surface area contributed by atoms with Crippen molar-refractivity contribution >= 4 is 52.5 Å². The summed E-state index contributed by atoms with van der Waals surface area (Å²) in [6.07, 6.45) is 0. The van der Waals surface area contributed by atoms with Crippen LogP contribution in [0, 0.1) is 0 Å². The molecular formula is C20H17N3O5S. The monoisotopic (exact) mass is 411 g/mol. The molecule has 0 atom stereocenters. The second-order valence-electron chi connectivity index (χ2n) is 6.44. The maximum Gasteiger partial charge on any atom is 0.326 e. The Morgan fingerprint density at radius 1 is 1.03 bits per heavy atom. The third kappa shape index (κ3) is 3.95. The lowest BCUT2D eigenvalue weighted by Crippen LogP contribution is -2.45. The molecule has 0 aromatic heterocycles. The fraction of sp³-hybridized carbons (Fsp3) is 0.200. The highest BCUT2D eigenvalue weighted by Gasteiger charge is 2.29. The van der Waals surface area contributed by atoms with E-state index in [-0.39, 0.29) is 30.7 Å².